The van der Waals surface area contributed by atoms with Crippen LogP contribution in [0.5, 0.6) is 0 Å². The molecule has 0 saturated heterocycles. The molecule has 2 N–H and O–H groups in total. The van der Waals surface area contributed by atoms with Crippen molar-refractivity contribution in [1.29, 1.82) is 0 Å². The van der Waals surface area contributed by atoms with E-state index >= 15 is 0 Å². The Hall–Kier alpha value is -0.610. The molecular formula is C5H11NO3. The van der Waals surface area contributed by atoms with Crippen LogP contribution in [0, 0.1) is 0 Å². The van der Waals surface area contributed by atoms with Gasteiger partial charge in [-0.25, -0.2) is 5.48 Å². The van der Waals surface area contributed by atoms with Crippen LogP contribution < -0.4 is 5.48 Å². The van der Waals surface area contributed by atoms with E-state index in [2.05, 4.69) is 10.3 Å². The van der Waals surface area contributed by atoms with Crippen molar-refractivity contribution in [2.45, 2.75) is 13.3 Å². The van der Waals surface area contributed by atoms with Crippen LogP contribution in [0.1, 0.15) is 13.3 Å². The number of carbonyl (C=O) groups is 1. The molecule has 4 nitrogen and oxygen atoms in total. The quantitative estimate of drug-likeness (QED) is 0.409. The molecule has 0 aromatic rings. The fourth-order valence-electron chi connectivity index (χ4n) is 0.332. The number of carboxylic acid groups (broad SMARTS) is 1. The predicted molar refractivity (Wildman–Crippen MR) is 31.9 cm³/mol. The minimum atomic E-state index is -0.817. The van der Waals surface area contributed by atoms with Crippen LogP contribution in [0.2, 0.25) is 0 Å². The van der Waals surface area contributed by atoms with Crippen LogP contribution in [0.25, 0.3) is 0 Å². The fraction of sp³-hybridized carbons (Fsp3) is 0.800. The fourth-order valence-corrected chi connectivity index (χ4v) is 0.332. The van der Waals surface area contributed by atoms with Gasteiger partial charge in [0.05, 0.1) is 13.0 Å². The van der Waals surface area contributed by atoms with Crippen LogP contribution in [-0.4, -0.2) is 24.2 Å². The van der Waals surface area contributed by atoms with E-state index in [-0.39, 0.29) is 6.42 Å². The standard InChI is InChI=1S/C5H11NO3/c1-2-9-6-4-3-5(7)8/h6H,2-4H2,1H3,(H,7,8). The largest absolute Gasteiger partial charge is 0.481 e. The number of aliphatic carboxylic acids is 1. The maximum atomic E-state index is 9.87. The molecule has 0 spiro atoms. The molecule has 0 aromatic heterocycles. The summed E-state index contributed by atoms with van der Waals surface area (Å²) in [7, 11) is 0. The Morgan fingerprint density at radius 3 is 2.89 bits per heavy atom. The number of rotatable bonds is 5. The second-order valence-electron chi connectivity index (χ2n) is 1.47. The number of hydroxylamine groups is 1. The van der Waals surface area contributed by atoms with Crippen LogP contribution in [-0.2, 0) is 9.63 Å². The van der Waals surface area contributed by atoms with Gasteiger partial charge in [-0.1, -0.05) is 0 Å². The molecule has 0 heterocycles. The summed E-state index contributed by atoms with van der Waals surface area (Å²) in [5, 5.41) is 8.12. The summed E-state index contributed by atoms with van der Waals surface area (Å²) in [6.07, 6.45) is 0.0972. The first-order valence-corrected chi connectivity index (χ1v) is 2.83. The average Bonchev–Trinajstić information content (AvgIpc) is 1.80. The zero-order valence-electron chi connectivity index (χ0n) is 5.39. The summed E-state index contributed by atoms with van der Waals surface area (Å²) in [4.78, 5) is 14.5. The molecule has 0 bridgehead atoms. The summed E-state index contributed by atoms with van der Waals surface area (Å²) in [6, 6.07) is 0. The van der Waals surface area contributed by atoms with Gasteiger partial charge in [-0.15, -0.1) is 0 Å². The van der Waals surface area contributed by atoms with Crippen molar-refractivity contribution in [3.63, 3.8) is 0 Å². The molecule has 4 heteroatoms. The van der Waals surface area contributed by atoms with Gasteiger partial charge in [0.1, 0.15) is 0 Å². The van der Waals surface area contributed by atoms with Crippen LogP contribution >= 0.6 is 0 Å². The average molecular weight is 133 g/mol. The monoisotopic (exact) mass is 133 g/mol. The van der Waals surface area contributed by atoms with E-state index in [4.69, 9.17) is 5.11 Å². The molecule has 0 unspecified atom stereocenters. The Morgan fingerprint density at radius 1 is 1.78 bits per heavy atom. The van der Waals surface area contributed by atoms with Crippen molar-refractivity contribution in [3.8, 4) is 0 Å². The van der Waals surface area contributed by atoms with E-state index in [9.17, 15) is 4.79 Å². The van der Waals surface area contributed by atoms with E-state index < -0.39 is 5.97 Å². The van der Waals surface area contributed by atoms with E-state index in [1.54, 1.807) is 0 Å². The van der Waals surface area contributed by atoms with Gasteiger partial charge in [0.25, 0.3) is 0 Å². The maximum Gasteiger partial charge on any atom is 0.304 e. The first-order valence-electron chi connectivity index (χ1n) is 2.83. The molecule has 0 aromatic carbocycles. The molecule has 0 aliphatic carbocycles. The second-order valence-corrected chi connectivity index (χ2v) is 1.47. The van der Waals surface area contributed by atoms with E-state index in [0.29, 0.717) is 13.2 Å². The van der Waals surface area contributed by atoms with Gasteiger partial charge in [0, 0.05) is 6.54 Å². The topological polar surface area (TPSA) is 58.6 Å². The Balaban J connectivity index is 2.83. The van der Waals surface area contributed by atoms with Gasteiger partial charge >= 0.3 is 5.97 Å². The molecule has 54 valence electrons. The summed E-state index contributed by atoms with van der Waals surface area (Å²) < 4.78 is 0. The van der Waals surface area contributed by atoms with Crippen molar-refractivity contribution < 1.29 is 14.7 Å². The van der Waals surface area contributed by atoms with Crippen molar-refractivity contribution in [2.24, 2.45) is 0 Å². The van der Waals surface area contributed by atoms with Crippen LogP contribution in [0.15, 0.2) is 0 Å². The third kappa shape index (κ3) is 7.39. The number of carboxylic acids is 1. The Morgan fingerprint density at radius 2 is 2.44 bits per heavy atom. The van der Waals surface area contributed by atoms with Gasteiger partial charge < -0.3 is 9.94 Å². The van der Waals surface area contributed by atoms with Gasteiger partial charge in [0.15, 0.2) is 0 Å². The Kier molecular flexibility index (Phi) is 5.15. The van der Waals surface area contributed by atoms with Gasteiger partial charge in [-0.2, -0.15) is 0 Å². The van der Waals surface area contributed by atoms with Crippen molar-refractivity contribution in [2.75, 3.05) is 13.2 Å². The molecule has 0 atom stereocenters. The van der Waals surface area contributed by atoms with Gasteiger partial charge in [0.2, 0.25) is 0 Å². The van der Waals surface area contributed by atoms with Crippen LogP contribution in [0.3, 0.4) is 0 Å². The lowest BCUT2D eigenvalue weighted by Gasteiger charge is -1.98. The highest BCUT2D eigenvalue weighted by atomic mass is 16.6. The second kappa shape index (κ2) is 5.53. The summed E-state index contributed by atoms with van der Waals surface area (Å²) in [5.74, 6) is -0.817. The zero-order valence-corrected chi connectivity index (χ0v) is 5.39. The molecular weight excluding hydrogens is 122 g/mol. The van der Waals surface area contributed by atoms with Crippen LogP contribution in [0.4, 0.5) is 0 Å². The highest BCUT2D eigenvalue weighted by Crippen LogP contribution is 1.74. The summed E-state index contributed by atoms with van der Waals surface area (Å²) in [5.41, 5.74) is 2.49. The number of hydrogen-bond acceptors (Lipinski definition) is 3. The molecule has 0 aliphatic heterocycles. The van der Waals surface area contributed by atoms with Crippen molar-refractivity contribution in [1.82, 2.24) is 5.48 Å². The highest BCUT2D eigenvalue weighted by Gasteiger charge is 1.93. The smallest absolute Gasteiger partial charge is 0.304 e. The number of hydrogen-bond donors (Lipinski definition) is 2. The SMILES string of the molecule is CCONCCC(=O)O. The van der Waals surface area contributed by atoms with E-state index in [1.165, 1.54) is 0 Å². The molecule has 0 rings (SSSR count). The lowest BCUT2D eigenvalue weighted by Crippen LogP contribution is -2.18. The Bertz CT molecular complexity index is 84.3. The summed E-state index contributed by atoms with van der Waals surface area (Å²) in [6.45, 7) is 2.75. The van der Waals surface area contributed by atoms with E-state index in [0.717, 1.165) is 0 Å². The summed E-state index contributed by atoms with van der Waals surface area (Å²) >= 11 is 0. The zero-order chi connectivity index (χ0) is 7.11. The molecule has 0 amide bonds. The lowest BCUT2D eigenvalue weighted by molar-refractivity contribution is -0.137. The first kappa shape index (κ1) is 8.39. The third-order valence-electron chi connectivity index (χ3n) is 0.687. The minimum absolute atomic E-state index is 0.0972. The number of nitrogens with one attached hydrogen (secondary N) is 1. The predicted octanol–water partition coefficient (Wildman–Crippen LogP) is 0.00220. The minimum Gasteiger partial charge on any atom is -0.481 e. The normalized spacial score (nSPS) is 9.44. The van der Waals surface area contributed by atoms with Crippen molar-refractivity contribution >= 4 is 5.97 Å². The molecule has 0 fully saturated rings. The van der Waals surface area contributed by atoms with Crippen molar-refractivity contribution in [3.05, 3.63) is 0 Å². The molecule has 0 aliphatic rings. The third-order valence-corrected chi connectivity index (χ3v) is 0.687. The molecule has 0 saturated carbocycles. The van der Waals surface area contributed by atoms with E-state index in [1.807, 2.05) is 6.92 Å². The Labute approximate surface area is 53.8 Å². The maximum absolute atomic E-state index is 9.87. The van der Waals surface area contributed by atoms with Gasteiger partial charge in [-0.3, -0.25) is 4.79 Å². The molecule has 9 heavy (non-hydrogen) atoms. The highest BCUT2D eigenvalue weighted by molar-refractivity contribution is 5.66. The molecule has 0 radical (unpaired) electrons. The lowest BCUT2D eigenvalue weighted by atomic mass is 10.4. The first-order chi connectivity index (χ1) is 4.27. The van der Waals surface area contributed by atoms with Gasteiger partial charge in [-0.05, 0) is 6.92 Å².